The highest BCUT2D eigenvalue weighted by molar-refractivity contribution is 7.89. The Morgan fingerprint density at radius 3 is 2.53 bits per heavy atom. The number of hydrogen-bond donors (Lipinski definition) is 0. The second kappa shape index (κ2) is 7.79. The first kappa shape index (κ1) is 20.5. The lowest BCUT2D eigenvalue weighted by Gasteiger charge is -2.13. The van der Waals surface area contributed by atoms with Crippen molar-refractivity contribution >= 4 is 31.6 Å². The molecule has 2 aromatic heterocycles. The van der Waals surface area contributed by atoms with Crippen molar-refractivity contribution in [3.63, 3.8) is 0 Å². The summed E-state index contributed by atoms with van der Waals surface area (Å²) >= 11 is 1.44. The van der Waals surface area contributed by atoms with Gasteiger partial charge in [-0.05, 0) is 30.2 Å². The molecule has 2 aromatic carbocycles. The van der Waals surface area contributed by atoms with E-state index >= 15 is 0 Å². The Labute approximate surface area is 179 Å². The maximum absolute atomic E-state index is 13.2. The maximum atomic E-state index is 13.2. The molecule has 2 heterocycles. The minimum Gasteiger partial charge on any atom is -0.294 e. The molecular weight excluding hydrogens is 418 g/mol. The zero-order valence-corrected chi connectivity index (χ0v) is 18.5. The molecule has 154 valence electrons. The molecule has 0 unspecified atom stereocenters. The van der Waals surface area contributed by atoms with Crippen LogP contribution in [0.2, 0.25) is 0 Å². The number of sulfonamides is 1. The number of nitrogens with zero attached hydrogens (tertiary/aromatic N) is 3. The summed E-state index contributed by atoms with van der Waals surface area (Å²) in [7, 11) is -0.555. The molecule has 0 fully saturated rings. The van der Waals surface area contributed by atoms with Gasteiger partial charge >= 0.3 is 0 Å². The van der Waals surface area contributed by atoms with Gasteiger partial charge in [0.2, 0.25) is 10.0 Å². The predicted octanol–water partition coefficient (Wildman–Crippen LogP) is 3.73. The molecule has 4 aromatic rings. The van der Waals surface area contributed by atoms with E-state index in [2.05, 4.69) is 4.98 Å². The number of hydrogen-bond acceptors (Lipinski definition) is 5. The fourth-order valence-electron chi connectivity index (χ4n) is 3.24. The van der Waals surface area contributed by atoms with Crippen LogP contribution in [0.3, 0.4) is 0 Å². The van der Waals surface area contributed by atoms with Crippen molar-refractivity contribution in [3.8, 4) is 11.1 Å². The first-order valence-electron chi connectivity index (χ1n) is 9.32. The zero-order chi connectivity index (χ0) is 21.5. The van der Waals surface area contributed by atoms with Crippen molar-refractivity contribution in [2.45, 2.75) is 18.4 Å². The number of benzene rings is 2. The number of aryl methyl sites for hydroxylation is 1. The molecule has 0 atom stereocenters. The van der Waals surface area contributed by atoms with Gasteiger partial charge in [0.05, 0.1) is 23.2 Å². The van der Waals surface area contributed by atoms with Gasteiger partial charge in [0.25, 0.3) is 5.56 Å². The number of rotatable bonds is 5. The van der Waals surface area contributed by atoms with Crippen LogP contribution in [-0.2, 0) is 16.6 Å². The van der Waals surface area contributed by atoms with Gasteiger partial charge in [-0.1, -0.05) is 42.0 Å². The first-order chi connectivity index (χ1) is 14.3. The van der Waals surface area contributed by atoms with Crippen LogP contribution >= 0.6 is 11.3 Å². The highest BCUT2D eigenvalue weighted by Gasteiger charge is 2.18. The summed E-state index contributed by atoms with van der Waals surface area (Å²) in [5.41, 5.74) is 3.57. The van der Waals surface area contributed by atoms with Crippen LogP contribution in [-0.4, -0.2) is 36.4 Å². The van der Waals surface area contributed by atoms with E-state index in [4.69, 9.17) is 0 Å². The molecule has 0 saturated carbocycles. The molecule has 0 radical (unpaired) electrons. The summed E-state index contributed by atoms with van der Waals surface area (Å²) in [5.74, 6) is 0. The molecular formula is C22H21N3O3S2. The van der Waals surface area contributed by atoms with E-state index in [0.29, 0.717) is 15.8 Å². The van der Waals surface area contributed by atoms with E-state index in [1.54, 1.807) is 24.3 Å². The van der Waals surface area contributed by atoms with Gasteiger partial charge in [0.1, 0.15) is 4.83 Å². The summed E-state index contributed by atoms with van der Waals surface area (Å²) in [4.78, 5) is 18.6. The number of thiophene rings is 1. The Balaban J connectivity index is 1.76. The summed E-state index contributed by atoms with van der Waals surface area (Å²) in [5, 5.41) is 2.54. The molecule has 4 rings (SSSR count). The van der Waals surface area contributed by atoms with Crippen LogP contribution in [0.15, 0.2) is 69.9 Å². The number of aromatic nitrogens is 2. The van der Waals surface area contributed by atoms with Crippen molar-refractivity contribution < 1.29 is 8.42 Å². The first-order valence-corrected chi connectivity index (χ1v) is 11.6. The van der Waals surface area contributed by atoms with Gasteiger partial charge in [-0.25, -0.2) is 17.7 Å². The van der Waals surface area contributed by atoms with Crippen LogP contribution in [0.1, 0.15) is 11.1 Å². The monoisotopic (exact) mass is 439 g/mol. The summed E-state index contributed by atoms with van der Waals surface area (Å²) in [6, 6.07) is 14.7. The van der Waals surface area contributed by atoms with E-state index in [9.17, 15) is 13.2 Å². The lowest BCUT2D eigenvalue weighted by Crippen LogP contribution is -2.23. The van der Waals surface area contributed by atoms with Crippen molar-refractivity contribution in [2.24, 2.45) is 0 Å². The molecule has 0 amide bonds. The molecule has 0 bridgehead atoms. The minimum atomic E-state index is -3.54. The number of fused-ring (bicyclic) bond motifs is 1. The Morgan fingerprint density at radius 1 is 1.10 bits per heavy atom. The van der Waals surface area contributed by atoms with Crippen LogP contribution in [0.4, 0.5) is 0 Å². The molecule has 0 aliphatic carbocycles. The van der Waals surface area contributed by atoms with Gasteiger partial charge in [-0.3, -0.25) is 9.36 Å². The molecule has 8 heteroatoms. The van der Waals surface area contributed by atoms with Gasteiger partial charge in [-0.2, -0.15) is 0 Å². The summed E-state index contributed by atoms with van der Waals surface area (Å²) in [6.07, 6.45) is 1.52. The van der Waals surface area contributed by atoms with Crippen molar-refractivity contribution in [3.05, 3.63) is 81.7 Å². The quantitative estimate of drug-likeness (QED) is 0.475. The normalized spacial score (nSPS) is 12.0. The average molecular weight is 440 g/mol. The zero-order valence-electron chi connectivity index (χ0n) is 16.9. The molecule has 0 spiro atoms. The van der Waals surface area contributed by atoms with E-state index in [0.717, 1.165) is 16.7 Å². The Kier molecular flexibility index (Phi) is 5.31. The third-order valence-electron chi connectivity index (χ3n) is 4.95. The van der Waals surface area contributed by atoms with Crippen LogP contribution in [0.5, 0.6) is 0 Å². The van der Waals surface area contributed by atoms with Gasteiger partial charge < -0.3 is 0 Å². The second-order valence-corrected chi connectivity index (χ2v) is 10.3. The fraction of sp³-hybridized carbons (Fsp3) is 0.182. The fourth-order valence-corrected chi connectivity index (χ4v) is 5.12. The van der Waals surface area contributed by atoms with Crippen LogP contribution < -0.4 is 5.56 Å². The largest absolute Gasteiger partial charge is 0.294 e. The van der Waals surface area contributed by atoms with Gasteiger partial charge in [0.15, 0.2) is 0 Å². The molecule has 0 aliphatic rings. The van der Waals surface area contributed by atoms with Gasteiger partial charge in [0, 0.05) is 25.0 Å². The summed E-state index contributed by atoms with van der Waals surface area (Å²) < 4.78 is 27.5. The standard InChI is InChI=1S/C22H21N3O3S2/c1-15-7-9-17(10-8-15)19-13-29-21-20(19)22(26)25(14-23-21)12-16-5-4-6-18(11-16)30(27,28)24(2)3/h4-11,13-14H,12H2,1-3H3. The van der Waals surface area contributed by atoms with Crippen LogP contribution in [0.25, 0.3) is 21.3 Å². The van der Waals surface area contributed by atoms with E-state index in [1.165, 1.54) is 40.6 Å². The van der Waals surface area contributed by atoms with Crippen molar-refractivity contribution in [1.82, 2.24) is 13.9 Å². The lowest BCUT2D eigenvalue weighted by molar-refractivity contribution is 0.520. The molecule has 0 saturated heterocycles. The highest BCUT2D eigenvalue weighted by atomic mass is 32.2. The van der Waals surface area contributed by atoms with E-state index in [-0.39, 0.29) is 17.0 Å². The Bertz CT molecular complexity index is 1390. The van der Waals surface area contributed by atoms with E-state index in [1.807, 2.05) is 36.6 Å². The molecule has 6 nitrogen and oxygen atoms in total. The molecule has 30 heavy (non-hydrogen) atoms. The predicted molar refractivity (Wildman–Crippen MR) is 120 cm³/mol. The SMILES string of the molecule is Cc1ccc(-c2csc3ncn(Cc4cccc(S(=O)(=O)N(C)C)c4)c(=O)c23)cc1. The van der Waals surface area contributed by atoms with Crippen LogP contribution in [0, 0.1) is 6.92 Å². The van der Waals surface area contributed by atoms with E-state index < -0.39 is 10.0 Å². The summed E-state index contributed by atoms with van der Waals surface area (Å²) in [6.45, 7) is 2.26. The minimum absolute atomic E-state index is 0.141. The van der Waals surface area contributed by atoms with Gasteiger partial charge in [-0.15, -0.1) is 11.3 Å². The smallest absolute Gasteiger partial charge is 0.263 e. The third-order valence-corrected chi connectivity index (χ3v) is 7.65. The molecule has 0 N–H and O–H groups in total. The highest BCUT2D eigenvalue weighted by Crippen LogP contribution is 2.30. The topological polar surface area (TPSA) is 72.3 Å². The van der Waals surface area contributed by atoms with Crippen molar-refractivity contribution in [1.29, 1.82) is 0 Å². The Morgan fingerprint density at radius 2 is 1.83 bits per heavy atom. The van der Waals surface area contributed by atoms with Crippen molar-refractivity contribution in [2.75, 3.05) is 14.1 Å². The third kappa shape index (κ3) is 3.69. The second-order valence-electron chi connectivity index (χ2n) is 7.31. The maximum Gasteiger partial charge on any atom is 0.263 e. The Hall–Kier alpha value is -2.81. The lowest BCUT2D eigenvalue weighted by atomic mass is 10.1. The average Bonchev–Trinajstić information content (AvgIpc) is 3.16. The molecule has 0 aliphatic heterocycles.